The summed E-state index contributed by atoms with van der Waals surface area (Å²) < 4.78 is 0. The second-order valence-electron chi connectivity index (χ2n) is 4.35. The number of aryl methyl sites for hydroxylation is 1. The molecule has 0 aliphatic carbocycles. The highest BCUT2D eigenvalue weighted by Gasteiger charge is 2.05. The van der Waals surface area contributed by atoms with Crippen LogP contribution in [0.2, 0.25) is 0 Å². The van der Waals surface area contributed by atoms with E-state index in [4.69, 9.17) is 0 Å². The Morgan fingerprint density at radius 2 is 1.74 bits per heavy atom. The highest BCUT2D eigenvalue weighted by molar-refractivity contribution is 6.07. The van der Waals surface area contributed by atoms with Gasteiger partial charge in [-0.2, -0.15) is 0 Å². The van der Waals surface area contributed by atoms with Gasteiger partial charge >= 0.3 is 0 Å². The average Bonchev–Trinajstić information content (AvgIpc) is 2.35. The van der Waals surface area contributed by atoms with Gasteiger partial charge in [-0.1, -0.05) is 35.9 Å². The topological polar surface area (TPSA) is 57.5 Å². The zero-order valence-electron chi connectivity index (χ0n) is 10.5. The fraction of sp³-hybridized carbons (Fsp3) is 0.0625. The molecule has 0 radical (unpaired) electrons. The van der Waals surface area contributed by atoms with Gasteiger partial charge in [-0.15, -0.1) is 0 Å². The number of hydrogen-bond acceptors (Lipinski definition) is 3. The van der Waals surface area contributed by atoms with Crippen molar-refractivity contribution >= 4 is 11.9 Å². The standard InChI is InChI=1S/C16H14O3/c1-11-3-2-4-12(7-11)5-6-16(19)13-8-14(17)10-15(18)9-13/h2-10,17-18H,1H3. The van der Waals surface area contributed by atoms with Crippen LogP contribution in [-0.2, 0) is 0 Å². The first kappa shape index (κ1) is 12.9. The van der Waals surface area contributed by atoms with E-state index < -0.39 is 0 Å². The molecule has 2 aromatic rings. The molecule has 0 aromatic heterocycles. The van der Waals surface area contributed by atoms with Crippen molar-refractivity contribution in [3.05, 3.63) is 65.2 Å². The lowest BCUT2D eigenvalue weighted by molar-refractivity contribution is 0.104. The highest BCUT2D eigenvalue weighted by atomic mass is 16.3. The van der Waals surface area contributed by atoms with Crippen molar-refractivity contribution in [3.8, 4) is 11.5 Å². The molecule has 0 fully saturated rings. The Kier molecular flexibility index (Phi) is 3.66. The molecule has 3 heteroatoms. The molecule has 3 nitrogen and oxygen atoms in total. The van der Waals surface area contributed by atoms with Crippen LogP contribution in [-0.4, -0.2) is 16.0 Å². The lowest BCUT2D eigenvalue weighted by Gasteiger charge is -2.00. The predicted octanol–water partition coefficient (Wildman–Crippen LogP) is 3.30. The fourth-order valence-electron chi connectivity index (χ4n) is 1.78. The van der Waals surface area contributed by atoms with Crippen LogP contribution in [0.15, 0.2) is 48.5 Å². The van der Waals surface area contributed by atoms with Crippen LogP contribution < -0.4 is 0 Å². The first-order chi connectivity index (χ1) is 9.04. The van der Waals surface area contributed by atoms with Crippen LogP contribution in [0.4, 0.5) is 0 Å². The molecule has 19 heavy (non-hydrogen) atoms. The molecule has 0 atom stereocenters. The van der Waals surface area contributed by atoms with Gasteiger partial charge in [0.1, 0.15) is 11.5 Å². The van der Waals surface area contributed by atoms with E-state index in [1.165, 1.54) is 24.3 Å². The molecule has 0 bridgehead atoms. The second kappa shape index (κ2) is 5.40. The van der Waals surface area contributed by atoms with Gasteiger partial charge < -0.3 is 10.2 Å². The second-order valence-corrected chi connectivity index (χ2v) is 4.35. The molecule has 0 saturated heterocycles. The van der Waals surface area contributed by atoms with E-state index >= 15 is 0 Å². The Hall–Kier alpha value is -2.55. The minimum Gasteiger partial charge on any atom is -0.508 e. The summed E-state index contributed by atoms with van der Waals surface area (Å²) >= 11 is 0. The van der Waals surface area contributed by atoms with Crippen molar-refractivity contribution in [2.75, 3.05) is 0 Å². The van der Waals surface area contributed by atoms with Gasteiger partial charge in [-0.25, -0.2) is 0 Å². The van der Waals surface area contributed by atoms with Crippen LogP contribution in [0, 0.1) is 6.92 Å². The van der Waals surface area contributed by atoms with Crippen molar-refractivity contribution in [2.24, 2.45) is 0 Å². The third kappa shape index (κ3) is 3.45. The van der Waals surface area contributed by atoms with Crippen molar-refractivity contribution in [1.82, 2.24) is 0 Å². The molecule has 0 amide bonds. The van der Waals surface area contributed by atoms with Gasteiger partial charge in [0.15, 0.2) is 5.78 Å². The normalized spacial score (nSPS) is 10.8. The number of carbonyl (C=O) groups is 1. The Bertz CT molecular complexity index is 622. The van der Waals surface area contributed by atoms with E-state index in [-0.39, 0.29) is 22.8 Å². The Morgan fingerprint density at radius 1 is 1.05 bits per heavy atom. The number of allylic oxidation sites excluding steroid dienone is 1. The maximum atomic E-state index is 11.9. The van der Waals surface area contributed by atoms with Crippen LogP contribution in [0.1, 0.15) is 21.5 Å². The van der Waals surface area contributed by atoms with Gasteiger partial charge in [-0.05, 0) is 30.7 Å². The smallest absolute Gasteiger partial charge is 0.186 e. The summed E-state index contributed by atoms with van der Waals surface area (Å²) in [4.78, 5) is 11.9. The quantitative estimate of drug-likeness (QED) is 0.652. The number of benzene rings is 2. The number of rotatable bonds is 3. The molecular weight excluding hydrogens is 240 g/mol. The molecular formula is C16H14O3. The molecule has 0 saturated carbocycles. The summed E-state index contributed by atoms with van der Waals surface area (Å²) in [6.45, 7) is 1.98. The molecule has 96 valence electrons. The summed E-state index contributed by atoms with van der Waals surface area (Å²) in [5, 5.41) is 18.7. The largest absolute Gasteiger partial charge is 0.508 e. The number of hydrogen-bond donors (Lipinski definition) is 2. The first-order valence-corrected chi connectivity index (χ1v) is 5.87. The third-order valence-corrected chi connectivity index (χ3v) is 2.66. The lowest BCUT2D eigenvalue weighted by atomic mass is 10.1. The van der Waals surface area contributed by atoms with Gasteiger partial charge in [0.2, 0.25) is 0 Å². The zero-order valence-corrected chi connectivity index (χ0v) is 10.5. The molecule has 0 heterocycles. The monoisotopic (exact) mass is 254 g/mol. The van der Waals surface area contributed by atoms with Gasteiger partial charge in [-0.3, -0.25) is 4.79 Å². The van der Waals surface area contributed by atoms with Gasteiger partial charge in [0, 0.05) is 11.6 Å². The summed E-state index contributed by atoms with van der Waals surface area (Å²) in [5.41, 5.74) is 2.30. The summed E-state index contributed by atoms with van der Waals surface area (Å²) in [6, 6.07) is 11.6. The molecule has 2 rings (SSSR count). The zero-order chi connectivity index (χ0) is 13.8. The average molecular weight is 254 g/mol. The van der Waals surface area contributed by atoms with Crippen LogP contribution in [0.3, 0.4) is 0 Å². The summed E-state index contributed by atoms with van der Waals surface area (Å²) in [6.07, 6.45) is 3.12. The van der Waals surface area contributed by atoms with E-state index in [1.807, 2.05) is 31.2 Å². The number of ketones is 1. The maximum Gasteiger partial charge on any atom is 0.186 e. The maximum absolute atomic E-state index is 11.9. The van der Waals surface area contributed by atoms with Crippen molar-refractivity contribution in [1.29, 1.82) is 0 Å². The van der Waals surface area contributed by atoms with Crippen LogP contribution >= 0.6 is 0 Å². The van der Waals surface area contributed by atoms with Crippen LogP contribution in [0.25, 0.3) is 6.08 Å². The number of aromatic hydroxyl groups is 2. The summed E-state index contributed by atoms with van der Waals surface area (Å²) in [7, 11) is 0. The van der Waals surface area contributed by atoms with E-state index in [9.17, 15) is 15.0 Å². The van der Waals surface area contributed by atoms with E-state index in [0.29, 0.717) is 0 Å². The molecule has 0 spiro atoms. The highest BCUT2D eigenvalue weighted by Crippen LogP contribution is 2.21. The molecule has 2 N–H and O–H groups in total. The van der Waals surface area contributed by atoms with Crippen molar-refractivity contribution in [3.63, 3.8) is 0 Å². The Labute approximate surface area is 111 Å². The Balaban J connectivity index is 2.21. The van der Waals surface area contributed by atoms with E-state index in [1.54, 1.807) is 6.08 Å². The van der Waals surface area contributed by atoms with Crippen LogP contribution in [0.5, 0.6) is 11.5 Å². The fourth-order valence-corrected chi connectivity index (χ4v) is 1.78. The van der Waals surface area contributed by atoms with Gasteiger partial charge in [0.25, 0.3) is 0 Å². The van der Waals surface area contributed by atoms with Crippen molar-refractivity contribution < 1.29 is 15.0 Å². The molecule has 0 unspecified atom stereocenters. The van der Waals surface area contributed by atoms with E-state index in [2.05, 4.69) is 0 Å². The molecule has 0 aliphatic rings. The predicted molar refractivity (Wildman–Crippen MR) is 74.3 cm³/mol. The third-order valence-electron chi connectivity index (χ3n) is 2.66. The molecule has 0 aliphatic heterocycles. The number of carbonyl (C=O) groups excluding carboxylic acids is 1. The minimum atomic E-state index is -0.271. The number of phenols is 2. The minimum absolute atomic E-state index is 0.132. The number of phenolic OH excluding ortho intramolecular Hbond substituents is 2. The van der Waals surface area contributed by atoms with E-state index in [0.717, 1.165) is 11.1 Å². The lowest BCUT2D eigenvalue weighted by Crippen LogP contribution is -1.93. The molecule has 2 aromatic carbocycles. The summed E-state index contributed by atoms with van der Waals surface area (Å²) in [5.74, 6) is -0.535. The first-order valence-electron chi connectivity index (χ1n) is 5.87. The van der Waals surface area contributed by atoms with Gasteiger partial charge in [0.05, 0.1) is 0 Å². The SMILES string of the molecule is Cc1cccc(C=CC(=O)c2cc(O)cc(O)c2)c1. The van der Waals surface area contributed by atoms with Crippen molar-refractivity contribution in [2.45, 2.75) is 6.92 Å². The Morgan fingerprint density at radius 3 is 2.37 bits per heavy atom.